The lowest BCUT2D eigenvalue weighted by Gasteiger charge is -2.38. The molecule has 1 fully saturated rings. The molecule has 1 saturated heterocycles. The Morgan fingerprint density at radius 3 is 2.96 bits per heavy atom. The summed E-state index contributed by atoms with van der Waals surface area (Å²) in [6.07, 6.45) is 4.54. The number of ether oxygens (including phenoxy) is 1. The number of piperidine rings is 1. The maximum atomic E-state index is 12.4. The van der Waals surface area contributed by atoms with E-state index >= 15 is 0 Å². The minimum absolute atomic E-state index is 0. The molecule has 1 aliphatic heterocycles. The van der Waals surface area contributed by atoms with Crippen molar-refractivity contribution >= 4 is 34.2 Å². The summed E-state index contributed by atoms with van der Waals surface area (Å²) in [5.74, 6) is 1.04. The Hall–Kier alpha value is -0.780. The summed E-state index contributed by atoms with van der Waals surface area (Å²) in [7, 11) is 0. The van der Waals surface area contributed by atoms with Crippen molar-refractivity contribution in [2.45, 2.75) is 51.1 Å². The lowest BCUT2D eigenvalue weighted by Crippen LogP contribution is -2.51. The van der Waals surface area contributed by atoms with Crippen LogP contribution in [0.2, 0.25) is 0 Å². The van der Waals surface area contributed by atoms with Crippen molar-refractivity contribution in [3.05, 3.63) is 28.7 Å². The summed E-state index contributed by atoms with van der Waals surface area (Å²) in [5, 5.41) is 0. The van der Waals surface area contributed by atoms with E-state index in [0.717, 1.165) is 36.0 Å². The third-order valence-electron chi connectivity index (χ3n) is 4.08. The number of nitrogens with zero attached hydrogens (tertiary/aromatic N) is 1. The smallest absolute Gasteiger partial charge is 0.222 e. The van der Waals surface area contributed by atoms with E-state index in [9.17, 15) is 4.79 Å². The van der Waals surface area contributed by atoms with Gasteiger partial charge in [0.15, 0.2) is 0 Å². The van der Waals surface area contributed by atoms with Gasteiger partial charge in [0.05, 0.1) is 6.61 Å². The minimum atomic E-state index is 0. The summed E-state index contributed by atoms with van der Waals surface area (Å²) in [6.45, 7) is 3.39. The predicted molar refractivity (Wildman–Crippen MR) is 99.1 cm³/mol. The number of carbonyl (C=O) groups excluding carboxylic acids is 1. The molecule has 1 aromatic rings. The number of carbonyl (C=O) groups is 1. The Labute approximate surface area is 153 Å². The van der Waals surface area contributed by atoms with Gasteiger partial charge in [-0.25, -0.2) is 0 Å². The average Bonchev–Trinajstić information content (AvgIpc) is 2.51. The van der Waals surface area contributed by atoms with E-state index in [1.807, 2.05) is 36.1 Å². The van der Waals surface area contributed by atoms with Gasteiger partial charge in [-0.2, -0.15) is 0 Å². The number of hydrogen-bond acceptors (Lipinski definition) is 3. The largest absolute Gasteiger partial charge is 0.494 e. The highest BCUT2D eigenvalue weighted by atomic mass is 79.9. The van der Waals surface area contributed by atoms with Gasteiger partial charge >= 0.3 is 0 Å². The van der Waals surface area contributed by atoms with Gasteiger partial charge in [-0.05, 0) is 50.8 Å². The molecule has 0 aliphatic carbocycles. The minimum Gasteiger partial charge on any atom is -0.494 e. The molecule has 6 heteroatoms. The van der Waals surface area contributed by atoms with Gasteiger partial charge in [-0.3, -0.25) is 4.79 Å². The fourth-order valence-electron chi connectivity index (χ4n) is 2.93. The van der Waals surface area contributed by atoms with E-state index < -0.39 is 0 Å². The average molecular weight is 406 g/mol. The lowest BCUT2D eigenvalue weighted by atomic mass is 9.96. The number of rotatable bonds is 6. The van der Waals surface area contributed by atoms with Crippen LogP contribution in [0, 0.1) is 0 Å². The van der Waals surface area contributed by atoms with Gasteiger partial charge in [0.2, 0.25) is 5.91 Å². The summed E-state index contributed by atoms with van der Waals surface area (Å²) >= 11 is 3.41. The summed E-state index contributed by atoms with van der Waals surface area (Å²) in [6, 6.07) is 7.99. The SMILES string of the molecule is CC(N)C1CCCCN1C(=O)CCCOc1cccc(Br)c1.Cl. The number of likely N-dealkylation sites (tertiary alicyclic amines) is 1. The highest BCUT2D eigenvalue weighted by Crippen LogP contribution is 2.21. The Bertz CT molecular complexity index is 499. The van der Waals surface area contributed by atoms with E-state index in [0.29, 0.717) is 13.0 Å². The zero-order valence-electron chi connectivity index (χ0n) is 13.5. The number of nitrogens with two attached hydrogens (primary N) is 1. The van der Waals surface area contributed by atoms with Crippen LogP contribution in [-0.4, -0.2) is 36.0 Å². The van der Waals surface area contributed by atoms with Crippen molar-refractivity contribution < 1.29 is 9.53 Å². The topological polar surface area (TPSA) is 55.6 Å². The standard InChI is InChI=1S/C17H25BrN2O2.ClH/c1-13(19)16-8-2-3-10-20(16)17(21)9-5-11-22-15-7-4-6-14(18)12-15;/h4,6-7,12-13,16H,2-3,5,8-11,19H2,1H3;1H. The van der Waals surface area contributed by atoms with Crippen LogP contribution < -0.4 is 10.5 Å². The van der Waals surface area contributed by atoms with Gasteiger partial charge in [0, 0.05) is 29.5 Å². The summed E-state index contributed by atoms with van der Waals surface area (Å²) < 4.78 is 6.67. The fourth-order valence-corrected chi connectivity index (χ4v) is 3.31. The molecule has 0 saturated carbocycles. The molecular formula is C17H26BrClN2O2. The van der Waals surface area contributed by atoms with Gasteiger partial charge in [-0.1, -0.05) is 22.0 Å². The molecule has 130 valence electrons. The molecule has 0 radical (unpaired) electrons. The molecule has 0 spiro atoms. The van der Waals surface area contributed by atoms with E-state index in [1.165, 1.54) is 6.42 Å². The zero-order valence-corrected chi connectivity index (χ0v) is 15.9. The maximum absolute atomic E-state index is 12.4. The molecule has 1 heterocycles. The third-order valence-corrected chi connectivity index (χ3v) is 4.57. The molecular weight excluding hydrogens is 380 g/mol. The molecule has 4 nitrogen and oxygen atoms in total. The van der Waals surface area contributed by atoms with Crippen molar-refractivity contribution in [3.8, 4) is 5.75 Å². The van der Waals surface area contributed by atoms with Crippen LogP contribution in [0.5, 0.6) is 5.75 Å². The Morgan fingerprint density at radius 1 is 1.48 bits per heavy atom. The first-order valence-electron chi connectivity index (χ1n) is 8.01. The van der Waals surface area contributed by atoms with Gasteiger partial charge in [0.1, 0.15) is 5.75 Å². The van der Waals surface area contributed by atoms with Crippen molar-refractivity contribution in [1.29, 1.82) is 0 Å². The first-order chi connectivity index (χ1) is 10.6. The highest BCUT2D eigenvalue weighted by Gasteiger charge is 2.28. The van der Waals surface area contributed by atoms with E-state index in [2.05, 4.69) is 15.9 Å². The molecule has 2 N–H and O–H groups in total. The molecule has 1 aromatic carbocycles. The summed E-state index contributed by atoms with van der Waals surface area (Å²) in [4.78, 5) is 14.4. The molecule has 1 aliphatic rings. The van der Waals surface area contributed by atoms with Gasteiger partial charge < -0.3 is 15.4 Å². The number of hydrogen-bond donors (Lipinski definition) is 1. The second-order valence-corrected chi connectivity index (χ2v) is 6.83. The number of benzene rings is 1. The maximum Gasteiger partial charge on any atom is 0.222 e. The molecule has 2 rings (SSSR count). The predicted octanol–water partition coefficient (Wildman–Crippen LogP) is 3.76. The Balaban J connectivity index is 0.00000264. The number of amides is 1. The monoisotopic (exact) mass is 404 g/mol. The van der Waals surface area contributed by atoms with Crippen LogP contribution in [0.3, 0.4) is 0 Å². The molecule has 2 unspecified atom stereocenters. The van der Waals surface area contributed by atoms with Gasteiger partial charge in [0.25, 0.3) is 0 Å². The van der Waals surface area contributed by atoms with Crippen molar-refractivity contribution in [3.63, 3.8) is 0 Å². The van der Waals surface area contributed by atoms with Crippen molar-refractivity contribution in [2.24, 2.45) is 5.73 Å². The Kier molecular flexibility index (Phi) is 8.95. The first-order valence-corrected chi connectivity index (χ1v) is 8.80. The van der Waals surface area contributed by atoms with Crippen LogP contribution in [0.15, 0.2) is 28.7 Å². The molecule has 1 amide bonds. The quantitative estimate of drug-likeness (QED) is 0.733. The molecule has 0 bridgehead atoms. The van der Waals surface area contributed by atoms with Crippen LogP contribution >= 0.6 is 28.3 Å². The second kappa shape index (κ2) is 10.2. The lowest BCUT2D eigenvalue weighted by molar-refractivity contribution is -0.135. The zero-order chi connectivity index (χ0) is 15.9. The Morgan fingerprint density at radius 2 is 2.26 bits per heavy atom. The van der Waals surface area contributed by atoms with Gasteiger partial charge in [-0.15, -0.1) is 12.4 Å². The second-order valence-electron chi connectivity index (χ2n) is 5.92. The van der Waals surface area contributed by atoms with E-state index in [-0.39, 0.29) is 30.4 Å². The van der Waals surface area contributed by atoms with Crippen LogP contribution in [0.4, 0.5) is 0 Å². The molecule has 2 atom stereocenters. The normalized spacial score (nSPS) is 18.9. The summed E-state index contributed by atoms with van der Waals surface area (Å²) in [5.41, 5.74) is 6.02. The van der Waals surface area contributed by atoms with Crippen molar-refractivity contribution in [2.75, 3.05) is 13.2 Å². The number of halogens is 2. The van der Waals surface area contributed by atoms with Crippen LogP contribution in [0.1, 0.15) is 39.0 Å². The molecule has 23 heavy (non-hydrogen) atoms. The van der Waals surface area contributed by atoms with E-state index in [4.69, 9.17) is 10.5 Å². The first kappa shape index (κ1) is 20.3. The highest BCUT2D eigenvalue weighted by molar-refractivity contribution is 9.10. The third kappa shape index (κ3) is 6.32. The molecule has 0 aromatic heterocycles. The van der Waals surface area contributed by atoms with E-state index in [1.54, 1.807) is 0 Å². The fraction of sp³-hybridized carbons (Fsp3) is 0.588. The van der Waals surface area contributed by atoms with Crippen LogP contribution in [-0.2, 0) is 4.79 Å². The van der Waals surface area contributed by atoms with Crippen LogP contribution in [0.25, 0.3) is 0 Å². The van der Waals surface area contributed by atoms with Crippen molar-refractivity contribution in [1.82, 2.24) is 4.90 Å².